The van der Waals surface area contributed by atoms with E-state index in [1.165, 1.54) is 17.0 Å². The monoisotopic (exact) mass is 207 g/mol. The Hall–Kier alpha value is -1.84. The second-order valence-corrected chi connectivity index (χ2v) is 3.49. The van der Waals surface area contributed by atoms with Crippen LogP contribution in [-0.2, 0) is 0 Å². The van der Waals surface area contributed by atoms with Gasteiger partial charge in [0.25, 0.3) is 0 Å². The molecule has 1 amide bonds. The number of amides is 1. The second-order valence-electron chi connectivity index (χ2n) is 3.49. The van der Waals surface area contributed by atoms with E-state index in [2.05, 4.69) is 0 Å². The van der Waals surface area contributed by atoms with Crippen LogP contribution in [0.1, 0.15) is 5.56 Å². The molecule has 1 saturated heterocycles. The largest absolute Gasteiger partial charge is 0.465 e. The molecule has 0 bridgehead atoms. The summed E-state index contributed by atoms with van der Waals surface area (Å²) in [5.41, 5.74) is 1.94. The summed E-state index contributed by atoms with van der Waals surface area (Å²) in [5, 5.41) is 8.60. The Balaban J connectivity index is 2.01. The van der Waals surface area contributed by atoms with Gasteiger partial charge in [0.05, 0.1) is 0 Å². The van der Waals surface area contributed by atoms with Crippen molar-refractivity contribution < 1.29 is 14.3 Å². The average molecular weight is 207 g/mol. The Morgan fingerprint density at radius 3 is 2.47 bits per heavy atom. The second kappa shape index (κ2) is 3.73. The Morgan fingerprint density at radius 2 is 1.93 bits per heavy atom. The molecule has 1 aliphatic heterocycles. The summed E-state index contributed by atoms with van der Waals surface area (Å²) in [6.45, 7) is 0.902. The number of halogens is 1. The van der Waals surface area contributed by atoms with Gasteiger partial charge in [-0.3, -0.25) is 0 Å². The van der Waals surface area contributed by atoms with Gasteiger partial charge in [0, 0.05) is 13.1 Å². The first-order valence-electron chi connectivity index (χ1n) is 4.58. The lowest BCUT2D eigenvalue weighted by molar-refractivity contribution is 0.138. The molecule has 4 heteroatoms. The molecule has 0 aliphatic carbocycles. The summed E-state index contributed by atoms with van der Waals surface area (Å²) >= 11 is 0. The van der Waals surface area contributed by atoms with Gasteiger partial charge in [0.2, 0.25) is 0 Å². The van der Waals surface area contributed by atoms with Crippen LogP contribution in [0.25, 0.3) is 6.08 Å². The zero-order valence-electron chi connectivity index (χ0n) is 7.98. The lowest BCUT2D eigenvalue weighted by Gasteiger charge is -2.31. The van der Waals surface area contributed by atoms with Gasteiger partial charge >= 0.3 is 6.09 Å². The molecule has 0 saturated carbocycles. The van der Waals surface area contributed by atoms with E-state index in [0.29, 0.717) is 13.1 Å². The number of carbonyl (C=O) groups is 1. The van der Waals surface area contributed by atoms with E-state index in [1.54, 1.807) is 12.1 Å². The standard InChI is InChI=1S/C11H10FNO2/c12-10-3-1-8(2-4-10)5-9-6-13(7-9)11(14)15/h1-5H,6-7H2,(H,14,15). The molecule has 1 fully saturated rings. The van der Waals surface area contributed by atoms with Crippen LogP contribution in [0.5, 0.6) is 0 Å². The van der Waals surface area contributed by atoms with Gasteiger partial charge in [0.1, 0.15) is 5.82 Å². The molecule has 2 rings (SSSR count). The normalized spacial score (nSPS) is 14.7. The highest BCUT2D eigenvalue weighted by Gasteiger charge is 2.23. The fourth-order valence-corrected chi connectivity index (χ4v) is 1.47. The van der Waals surface area contributed by atoms with Crippen molar-refractivity contribution in [3.63, 3.8) is 0 Å². The molecular formula is C11H10FNO2. The molecule has 3 nitrogen and oxygen atoms in total. The van der Waals surface area contributed by atoms with Crippen molar-refractivity contribution in [3.8, 4) is 0 Å². The van der Waals surface area contributed by atoms with E-state index in [1.807, 2.05) is 6.08 Å². The van der Waals surface area contributed by atoms with E-state index in [4.69, 9.17) is 5.11 Å². The first-order valence-corrected chi connectivity index (χ1v) is 4.58. The maximum Gasteiger partial charge on any atom is 0.407 e. The predicted octanol–water partition coefficient (Wildman–Crippen LogP) is 2.20. The van der Waals surface area contributed by atoms with Gasteiger partial charge in [-0.1, -0.05) is 18.2 Å². The molecule has 0 atom stereocenters. The highest BCUT2D eigenvalue weighted by atomic mass is 19.1. The lowest BCUT2D eigenvalue weighted by atomic mass is 10.0. The Kier molecular flexibility index (Phi) is 2.41. The third-order valence-electron chi connectivity index (χ3n) is 2.30. The topological polar surface area (TPSA) is 40.5 Å². The first kappa shape index (κ1) is 9.71. The number of benzene rings is 1. The van der Waals surface area contributed by atoms with Crippen LogP contribution >= 0.6 is 0 Å². The van der Waals surface area contributed by atoms with Crippen LogP contribution < -0.4 is 0 Å². The molecule has 1 N–H and O–H groups in total. The van der Waals surface area contributed by atoms with E-state index in [-0.39, 0.29) is 5.82 Å². The zero-order valence-corrected chi connectivity index (χ0v) is 7.98. The van der Waals surface area contributed by atoms with Crippen LogP contribution in [0.2, 0.25) is 0 Å². The van der Waals surface area contributed by atoms with Crippen molar-refractivity contribution in [2.45, 2.75) is 0 Å². The van der Waals surface area contributed by atoms with E-state index < -0.39 is 6.09 Å². The Labute approximate surface area is 86.4 Å². The number of rotatable bonds is 1. The van der Waals surface area contributed by atoms with Crippen LogP contribution in [0.15, 0.2) is 29.8 Å². The average Bonchev–Trinajstić information content (AvgIpc) is 2.13. The van der Waals surface area contributed by atoms with Gasteiger partial charge in [-0.05, 0) is 23.3 Å². The van der Waals surface area contributed by atoms with Crippen molar-refractivity contribution in [1.29, 1.82) is 0 Å². The van der Waals surface area contributed by atoms with Gasteiger partial charge in [-0.25, -0.2) is 9.18 Å². The van der Waals surface area contributed by atoms with Gasteiger partial charge in [-0.2, -0.15) is 0 Å². The molecule has 1 aliphatic rings. The number of hydrogen-bond donors (Lipinski definition) is 1. The Bertz CT molecular complexity index is 403. The SMILES string of the molecule is O=C(O)N1CC(=Cc2ccc(F)cc2)C1. The summed E-state index contributed by atoms with van der Waals surface area (Å²) in [4.78, 5) is 11.8. The highest BCUT2D eigenvalue weighted by molar-refractivity contribution is 5.70. The minimum absolute atomic E-state index is 0.266. The number of nitrogens with zero attached hydrogens (tertiary/aromatic N) is 1. The molecule has 0 unspecified atom stereocenters. The minimum atomic E-state index is -0.897. The third kappa shape index (κ3) is 2.15. The fraction of sp³-hybridized carbons (Fsp3) is 0.182. The summed E-state index contributed by atoms with van der Waals surface area (Å²) < 4.78 is 12.6. The smallest absolute Gasteiger partial charge is 0.407 e. The maximum atomic E-state index is 12.6. The molecule has 1 aromatic rings. The van der Waals surface area contributed by atoms with Gasteiger partial charge in [-0.15, -0.1) is 0 Å². The number of hydrogen-bond acceptors (Lipinski definition) is 1. The zero-order chi connectivity index (χ0) is 10.8. The molecular weight excluding hydrogens is 197 g/mol. The molecule has 1 aromatic carbocycles. The van der Waals surface area contributed by atoms with Crippen molar-refractivity contribution in [3.05, 3.63) is 41.2 Å². The molecule has 0 spiro atoms. The predicted molar refractivity (Wildman–Crippen MR) is 54.0 cm³/mol. The maximum absolute atomic E-state index is 12.6. The van der Waals surface area contributed by atoms with Crippen molar-refractivity contribution in [1.82, 2.24) is 4.90 Å². The van der Waals surface area contributed by atoms with Crippen LogP contribution in [0, 0.1) is 5.82 Å². The number of likely N-dealkylation sites (tertiary alicyclic amines) is 1. The van der Waals surface area contributed by atoms with Crippen molar-refractivity contribution in [2.75, 3.05) is 13.1 Å². The minimum Gasteiger partial charge on any atom is -0.465 e. The van der Waals surface area contributed by atoms with Gasteiger partial charge < -0.3 is 10.0 Å². The molecule has 0 aromatic heterocycles. The van der Waals surface area contributed by atoms with Crippen molar-refractivity contribution >= 4 is 12.2 Å². The van der Waals surface area contributed by atoms with Crippen molar-refractivity contribution in [2.24, 2.45) is 0 Å². The molecule has 78 valence electrons. The fourth-order valence-electron chi connectivity index (χ4n) is 1.47. The summed E-state index contributed by atoms with van der Waals surface area (Å²) in [6.07, 6.45) is 0.991. The van der Waals surface area contributed by atoms with Crippen LogP contribution in [0.4, 0.5) is 9.18 Å². The quantitative estimate of drug-likeness (QED) is 0.766. The lowest BCUT2D eigenvalue weighted by Crippen LogP contribution is -2.43. The molecule has 0 radical (unpaired) electrons. The third-order valence-corrected chi connectivity index (χ3v) is 2.30. The summed E-state index contributed by atoms with van der Waals surface area (Å²) in [7, 11) is 0. The summed E-state index contributed by atoms with van der Waals surface area (Å²) in [6, 6.07) is 6.12. The molecule has 15 heavy (non-hydrogen) atoms. The molecule has 1 heterocycles. The first-order chi connectivity index (χ1) is 7.15. The van der Waals surface area contributed by atoms with Gasteiger partial charge in [0.15, 0.2) is 0 Å². The van der Waals surface area contributed by atoms with Crippen LogP contribution in [0.3, 0.4) is 0 Å². The van der Waals surface area contributed by atoms with Crippen LogP contribution in [-0.4, -0.2) is 29.2 Å². The van der Waals surface area contributed by atoms with E-state index >= 15 is 0 Å². The van der Waals surface area contributed by atoms with E-state index in [9.17, 15) is 9.18 Å². The van der Waals surface area contributed by atoms with E-state index in [0.717, 1.165) is 11.1 Å². The number of carboxylic acid groups (broad SMARTS) is 1. The summed E-state index contributed by atoms with van der Waals surface area (Å²) in [5.74, 6) is -0.266. The highest BCUT2D eigenvalue weighted by Crippen LogP contribution is 2.18. The Morgan fingerprint density at radius 1 is 1.33 bits per heavy atom.